The summed E-state index contributed by atoms with van der Waals surface area (Å²) in [6.07, 6.45) is 3.18. The second-order valence-corrected chi connectivity index (χ2v) is 6.40. The van der Waals surface area contributed by atoms with Gasteiger partial charge in [-0.1, -0.05) is 17.5 Å². The molecule has 3 aromatic heterocycles. The lowest BCUT2D eigenvalue weighted by molar-refractivity contribution is 0.621. The van der Waals surface area contributed by atoms with Crippen LogP contribution in [-0.2, 0) is 0 Å². The van der Waals surface area contributed by atoms with Gasteiger partial charge in [-0.25, -0.2) is 14.2 Å². The molecule has 0 aromatic carbocycles. The molecule has 3 aromatic rings. The maximum atomic E-state index is 12.9. The van der Waals surface area contributed by atoms with Crippen LogP contribution in [0.1, 0.15) is 23.6 Å². The Hall–Kier alpha value is -3.31. The Morgan fingerprint density at radius 3 is 2.85 bits per heavy atom. The molecule has 4 rings (SSSR count). The topological polar surface area (TPSA) is 104 Å². The predicted molar refractivity (Wildman–Crippen MR) is 95.6 cm³/mol. The van der Waals surface area contributed by atoms with Gasteiger partial charge in [-0.3, -0.25) is 9.78 Å². The second-order valence-electron chi connectivity index (χ2n) is 6.04. The Labute approximate surface area is 156 Å². The van der Waals surface area contributed by atoms with E-state index in [2.05, 4.69) is 37.0 Å². The van der Waals surface area contributed by atoms with Crippen molar-refractivity contribution in [3.63, 3.8) is 0 Å². The summed E-state index contributed by atoms with van der Waals surface area (Å²) in [6, 6.07) is 4.50. The Bertz CT molecular complexity index is 1190. The van der Waals surface area contributed by atoms with Crippen molar-refractivity contribution in [2.75, 3.05) is 0 Å². The van der Waals surface area contributed by atoms with E-state index < -0.39 is 17.1 Å². The summed E-state index contributed by atoms with van der Waals surface area (Å²) in [7, 11) is 0. The van der Waals surface area contributed by atoms with E-state index in [4.69, 9.17) is 11.6 Å². The molecule has 7 nitrogen and oxygen atoms in total. The van der Waals surface area contributed by atoms with Gasteiger partial charge >= 0.3 is 5.69 Å². The first-order valence-electron chi connectivity index (χ1n) is 8.00. The van der Waals surface area contributed by atoms with Crippen molar-refractivity contribution in [1.29, 1.82) is 0 Å². The van der Waals surface area contributed by atoms with Gasteiger partial charge < -0.3 is 4.98 Å². The van der Waals surface area contributed by atoms with Gasteiger partial charge in [0.05, 0.1) is 11.8 Å². The lowest BCUT2D eigenvalue weighted by atomic mass is 10.1. The third-order valence-electron chi connectivity index (χ3n) is 4.17. The Kier molecular flexibility index (Phi) is 4.30. The van der Waals surface area contributed by atoms with E-state index in [0.29, 0.717) is 11.4 Å². The van der Waals surface area contributed by atoms with Crippen molar-refractivity contribution in [2.24, 2.45) is 5.92 Å². The number of nitrogens with one attached hydrogen (secondary N) is 2. The van der Waals surface area contributed by atoms with Gasteiger partial charge in [-0.05, 0) is 36.1 Å². The van der Waals surface area contributed by atoms with Gasteiger partial charge in [-0.15, -0.1) is 10.2 Å². The van der Waals surface area contributed by atoms with Crippen LogP contribution < -0.4 is 11.2 Å². The third-order valence-corrected chi connectivity index (χ3v) is 4.47. The van der Waals surface area contributed by atoms with Crippen LogP contribution in [0.2, 0.25) is 5.15 Å². The quantitative estimate of drug-likeness (QED) is 0.657. The maximum absolute atomic E-state index is 12.9. The molecule has 1 saturated carbocycles. The first-order valence-corrected chi connectivity index (χ1v) is 8.37. The van der Waals surface area contributed by atoms with E-state index in [-0.39, 0.29) is 22.6 Å². The van der Waals surface area contributed by atoms with Crippen LogP contribution in [0.25, 0.3) is 11.3 Å². The van der Waals surface area contributed by atoms with Crippen LogP contribution in [0.5, 0.6) is 0 Å². The highest BCUT2D eigenvalue weighted by Gasteiger charge is 2.39. The van der Waals surface area contributed by atoms with Crippen molar-refractivity contribution in [1.82, 2.24) is 25.1 Å². The van der Waals surface area contributed by atoms with E-state index >= 15 is 0 Å². The molecule has 1 aliphatic rings. The van der Waals surface area contributed by atoms with Crippen LogP contribution in [-0.4, -0.2) is 25.1 Å². The molecule has 1 fully saturated rings. The van der Waals surface area contributed by atoms with Gasteiger partial charge in [0.1, 0.15) is 17.2 Å². The van der Waals surface area contributed by atoms with Crippen molar-refractivity contribution in [3.05, 3.63) is 73.7 Å². The molecule has 0 spiro atoms. The average molecular weight is 384 g/mol. The molecular weight excluding hydrogens is 373 g/mol. The molecule has 0 radical (unpaired) electrons. The number of aromatic nitrogens is 5. The Balaban J connectivity index is 1.59. The Morgan fingerprint density at radius 2 is 2.11 bits per heavy atom. The number of hydrogen-bond donors (Lipinski definition) is 2. The molecule has 0 bridgehead atoms. The molecule has 0 aliphatic heterocycles. The van der Waals surface area contributed by atoms with Crippen molar-refractivity contribution < 1.29 is 4.39 Å². The zero-order valence-corrected chi connectivity index (χ0v) is 14.4. The fraction of sp³-hybridized carbons (Fsp3) is 0.167. The first-order chi connectivity index (χ1) is 13.0. The van der Waals surface area contributed by atoms with Crippen LogP contribution in [0.3, 0.4) is 0 Å². The van der Waals surface area contributed by atoms with Crippen molar-refractivity contribution in [2.45, 2.75) is 12.3 Å². The number of hydrogen-bond acceptors (Lipinski definition) is 5. The lowest BCUT2D eigenvalue weighted by Crippen LogP contribution is -2.23. The summed E-state index contributed by atoms with van der Waals surface area (Å²) >= 11 is 6.16. The van der Waals surface area contributed by atoms with Gasteiger partial charge in [0.15, 0.2) is 5.15 Å². The highest BCUT2D eigenvalue weighted by molar-refractivity contribution is 6.30. The highest BCUT2D eigenvalue weighted by Crippen LogP contribution is 2.49. The normalized spacial score (nSPS) is 17.9. The number of pyridine rings is 1. The minimum absolute atomic E-state index is 0.0558. The SMILES string of the molecule is O=c1[nH]cc(-c2cc([C@H]3CC3C#Cc3ccc(F)cn3)c(Cl)nn2)c(=O)[nH]1. The van der Waals surface area contributed by atoms with Crippen LogP contribution >= 0.6 is 11.6 Å². The average Bonchev–Trinajstić information content (AvgIpc) is 3.41. The summed E-state index contributed by atoms with van der Waals surface area (Å²) in [5, 5.41) is 8.09. The maximum Gasteiger partial charge on any atom is 0.325 e. The van der Waals surface area contributed by atoms with Crippen LogP contribution in [0.15, 0.2) is 40.2 Å². The summed E-state index contributed by atoms with van der Waals surface area (Å²) in [4.78, 5) is 31.5. The summed E-state index contributed by atoms with van der Waals surface area (Å²) in [5.74, 6) is 5.70. The van der Waals surface area contributed by atoms with Gasteiger partial charge in [-0.2, -0.15) is 0 Å². The zero-order valence-electron chi connectivity index (χ0n) is 13.7. The van der Waals surface area contributed by atoms with Crippen LogP contribution in [0, 0.1) is 23.6 Å². The molecule has 27 heavy (non-hydrogen) atoms. The summed E-state index contributed by atoms with van der Waals surface area (Å²) < 4.78 is 12.9. The largest absolute Gasteiger partial charge is 0.325 e. The predicted octanol–water partition coefficient (Wildman–Crippen LogP) is 1.86. The molecule has 0 saturated heterocycles. The van der Waals surface area contributed by atoms with Gasteiger partial charge in [0, 0.05) is 18.0 Å². The van der Waals surface area contributed by atoms with Gasteiger partial charge in [0.2, 0.25) is 0 Å². The van der Waals surface area contributed by atoms with E-state index in [1.165, 1.54) is 18.3 Å². The molecule has 1 aliphatic carbocycles. The van der Waals surface area contributed by atoms with Crippen LogP contribution in [0.4, 0.5) is 4.39 Å². The summed E-state index contributed by atoms with van der Waals surface area (Å²) in [5.41, 5.74) is 0.568. The van der Waals surface area contributed by atoms with E-state index in [1.54, 1.807) is 6.07 Å². The molecule has 9 heteroatoms. The summed E-state index contributed by atoms with van der Waals surface area (Å²) in [6.45, 7) is 0. The zero-order chi connectivity index (χ0) is 19.0. The lowest BCUT2D eigenvalue weighted by Gasteiger charge is -2.04. The minimum Gasteiger partial charge on any atom is -0.313 e. The third kappa shape index (κ3) is 3.64. The molecule has 3 heterocycles. The van der Waals surface area contributed by atoms with E-state index in [1.807, 2.05) is 0 Å². The first kappa shape index (κ1) is 17.1. The van der Waals surface area contributed by atoms with Crippen molar-refractivity contribution in [3.8, 4) is 23.1 Å². The monoisotopic (exact) mass is 383 g/mol. The van der Waals surface area contributed by atoms with E-state index in [0.717, 1.165) is 18.2 Å². The van der Waals surface area contributed by atoms with Gasteiger partial charge in [0.25, 0.3) is 5.56 Å². The minimum atomic E-state index is -0.599. The number of halogens is 2. The van der Waals surface area contributed by atoms with Crippen molar-refractivity contribution >= 4 is 11.6 Å². The molecular formula is C18H11ClFN5O2. The fourth-order valence-electron chi connectivity index (χ4n) is 2.70. The fourth-order valence-corrected chi connectivity index (χ4v) is 2.93. The molecule has 2 N–H and O–H groups in total. The number of rotatable bonds is 2. The molecule has 2 atom stereocenters. The number of aromatic amines is 2. The molecule has 1 unspecified atom stereocenters. The second kappa shape index (κ2) is 6.78. The molecule has 134 valence electrons. The number of nitrogens with zero attached hydrogens (tertiary/aromatic N) is 3. The Morgan fingerprint density at radius 1 is 1.26 bits per heavy atom. The van der Waals surface area contributed by atoms with E-state index in [9.17, 15) is 14.0 Å². The standard InChI is InChI=1S/C18H11ClFN5O2/c19-16-13(6-15(24-25-16)14-8-22-18(27)23-17(14)26)12-5-9(12)1-3-11-4-2-10(20)7-21-11/h2,4,6-9,12H,5H2,(H2,22,23,26,27)/t9?,12-/m0/s1. The highest BCUT2D eigenvalue weighted by atomic mass is 35.5. The number of H-pyrrole nitrogens is 2. The smallest absolute Gasteiger partial charge is 0.313 e. The molecule has 0 amide bonds.